The Morgan fingerprint density at radius 2 is 2.00 bits per heavy atom. The molecule has 2 aliphatic rings. The quantitative estimate of drug-likeness (QED) is 0.772. The Bertz CT molecular complexity index is 1020. The number of aromatic nitrogens is 1. The van der Waals surface area contributed by atoms with Gasteiger partial charge in [-0.1, -0.05) is 17.7 Å². The minimum atomic E-state index is -0.817. The Hall–Kier alpha value is -2.93. The summed E-state index contributed by atoms with van der Waals surface area (Å²) in [7, 11) is 0. The van der Waals surface area contributed by atoms with E-state index in [0.29, 0.717) is 30.0 Å². The number of pyridine rings is 1. The van der Waals surface area contributed by atoms with E-state index < -0.39 is 5.54 Å². The van der Waals surface area contributed by atoms with Crippen molar-refractivity contribution in [1.82, 2.24) is 9.88 Å². The molecule has 4 rings (SSSR count). The number of hydrogen-bond donors (Lipinski definition) is 1. The van der Waals surface area contributed by atoms with Crippen molar-refractivity contribution in [2.75, 3.05) is 16.8 Å². The number of piperidine rings is 1. The molecule has 2 saturated heterocycles. The molecule has 2 aliphatic heterocycles. The topological polar surface area (TPSA) is 82.6 Å². The van der Waals surface area contributed by atoms with Crippen LogP contribution >= 0.6 is 11.6 Å². The lowest BCUT2D eigenvalue weighted by atomic mass is 9.89. The minimum Gasteiger partial charge on any atom is -0.321 e. The maximum absolute atomic E-state index is 13.0. The Kier molecular flexibility index (Phi) is 4.78. The lowest BCUT2D eigenvalue weighted by Gasteiger charge is -2.35. The number of amides is 4. The van der Waals surface area contributed by atoms with Crippen LogP contribution in [0.2, 0.25) is 5.02 Å². The zero-order valence-electron chi connectivity index (χ0n) is 16.2. The molecule has 1 aromatic carbocycles. The van der Waals surface area contributed by atoms with Gasteiger partial charge in [-0.3, -0.25) is 9.59 Å². The third-order valence-electron chi connectivity index (χ3n) is 5.54. The predicted molar refractivity (Wildman–Crippen MR) is 110 cm³/mol. The molecule has 8 heteroatoms. The molecule has 2 aromatic rings. The lowest BCUT2D eigenvalue weighted by molar-refractivity contribution is -0.125. The van der Waals surface area contributed by atoms with Crippen LogP contribution in [-0.2, 0) is 4.79 Å². The summed E-state index contributed by atoms with van der Waals surface area (Å²) in [4.78, 5) is 45.3. The Labute approximate surface area is 173 Å². The molecule has 7 nitrogen and oxygen atoms in total. The average molecular weight is 413 g/mol. The fourth-order valence-corrected chi connectivity index (χ4v) is 4.21. The summed E-state index contributed by atoms with van der Waals surface area (Å²) in [5.41, 5.74) is 0.989. The van der Waals surface area contributed by atoms with Crippen LogP contribution in [0.3, 0.4) is 0 Å². The molecule has 4 amide bonds. The van der Waals surface area contributed by atoms with Crippen molar-refractivity contribution in [3.63, 3.8) is 0 Å². The van der Waals surface area contributed by atoms with E-state index >= 15 is 0 Å². The average Bonchev–Trinajstić information content (AvgIpc) is 2.88. The second kappa shape index (κ2) is 7.15. The SMILES string of the molecule is Cc1cccc(C(=O)Nc2ccc(N3C(=O)N4CCCCC4(C)C3=O)c(Cl)c2)n1. The van der Waals surface area contributed by atoms with Gasteiger partial charge < -0.3 is 10.2 Å². The largest absolute Gasteiger partial charge is 0.332 e. The fourth-order valence-electron chi connectivity index (χ4n) is 3.94. The molecule has 1 N–H and O–H groups in total. The summed E-state index contributed by atoms with van der Waals surface area (Å²) in [6.45, 7) is 4.18. The number of anilines is 2. The summed E-state index contributed by atoms with van der Waals surface area (Å²) in [5, 5.41) is 2.95. The van der Waals surface area contributed by atoms with Gasteiger partial charge in [0, 0.05) is 17.9 Å². The van der Waals surface area contributed by atoms with Gasteiger partial charge in [0.15, 0.2) is 0 Å². The first-order valence-electron chi connectivity index (χ1n) is 9.52. The molecule has 0 aliphatic carbocycles. The van der Waals surface area contributed by atoms with Crippen LogP contribution < -0.4 is 10.2 Å². The summed E-state index contributed by atoms with van der Waals surface area (Å²) >= 11 is 6.41. The number of urea groups is 1. The third kappa shape index (κ3) is 3.25. The first-order chi connectivity index (χ1) is 13.8. The smallest absolute Gasteiger partial charge is 0.321 e. The van der Waals surface area contributed by atoms with Gasteiger partial charge in [0.25, 0.3) is 11.8 Å². The highest BCUT2D eigenvalue weighted by Crippen LogP contribution is 2.41. The van der Waals surface area contributed by atoms with Crippen molar-refractivity contribution >= 4 is 40.8 Å². The van der Waals surface area contributed by atoms with Gasteiger partial charge in [-0.05, 0) is 63.4 Å². The highest BCUT2D eigenvalue weighted by atomic mass is 35.5. The number of carbonyl (C=O) groups is 3. The van der Waals surface area contributed by atoms with Crippen molar-refractivity contribution in [3.05, 3.63) is 52.8 Å². The Morgan fingerprint density at radius 1 is 1.21 bits per heavy atom. The van der Waals surface area contributed by atoms with E-state index in [1.807, 2.05) is 6.92 Å². The van der Waals surface area contributed by atoms with Crippen LogP contribution in [0.4, 0.5) is 16.2 Å². The summed E-state index contributed by atoms with van der Waals surface area (Å²) in [6.07, 6.45) is 2.43. The molecule has 0 saturated carbocycles. The van der Waals surface area contributed by atoms with Crippen molar-refractivity contribution < 1.29 is 14.4 Å². The number of aryl methyl sites for hydroxylation is 1. The van der Waals surface area contributed by atoms with E-state index in [0.717, 1.165) is 23.4 Å². The molecular weight excluding hydrogens is 392 g/mol. The molecule has 1 unspecified atom stereocenters. The van der Waals surface area contributed by atoms with Gasteiger partial charge in [0.2, 0.25) is 0 Å². The van der Waals surface area contributed by atoms with Gasteiger partial charge >= 0.3 is 6.03 Å². The van der Waals surface area contributed by atoms with E-state index in [1.54, 1.807) is 42.2 Å². The van der Waals surface area contributed by atoms with Gasteiger partial charge in [-0.25, -0.2) is 14.7 Å². The lowest BCUT2D eigenvalue weighted by Crippen LogP contribution is -2.49. The second-order valence-corrected chi connectivity index (χ2v) is 8.00. The van der Waals surface area contributed by atoms with E-state index in [1.165, 1.54) is 6.07 Å². The number of benzene rings is 1. The monoisotopic (exact) mass is 412 g/mol. The molecule has 150 valence electrons. The predicted octanol–water partition coefficient (Wildman–Crippen LogP) is 4.01. The highest BCUT2D eigenvalue weighted by Gasteiger charge is 2.55. The zero-order chi connectivity index (χ0) is 20.8. The molecule has 0 radical (unpaired) electrons. The Balaban J connectivity index is 1.58. The number of nitrogens with zero attached hydrogens (tertiary/aromatic N) is 3. The first kappa shape index (κ1) is 19.4. The zero-order valence-corrected chi connectivity index (χ0v) is 17.0. The number of rotatable bonds is 3. The van der Waals surface area contributed by atoms with Crippen LogP contribution in [0.1, 0.15) is 42.4 Å². The van der Waals surface area contributed by atoms with Gasteiger partial charge in [0.1, 0.15) is 11.2 Å². The van der Waals surface area contributed by atoms with Gasteiger partial charge in [0.05, 0.1) is 10.7 Å². The molecular formula is C21H21ClN4O3. The third-order valence-corrected chi connectivity index (χ3v) is 5.85. The Morgan fingerprint density at radius 3 is 2.69 bits per heavy atom. The molecule has 29 heavy (non-hydrogen) atoms. The highest BCUT2D eigenvalue weighted by molar-refractivity contribution is 6.36. The molecule has 1 atom stereocenters. The van der Waals surface area contributed by atoms with Crippen molar-refractivity contribution in [3.8, 4) is 0 Å². The number of nitrogens with one attached hydrogen (secondary N) is 1. The molecule has 1 aromatic heterocycles. The van der Waals surface area contributed by atoms with Crippen LogP contribution in [0.5, 0.6) is 0 Å². The molecule has 3 heterocycles. The maximum Gasteiger partial charge on any atom is 0.332 e. The van der Waals surface area contributed by atoms with Crippen LogP contribution in [-0.4, -0.2) is 39.8 Å². The second-order valence-electron chi connectivity index (χ2n) is 7.59. The maximum atomic E-state index is 13.0. The first-order valence-corrected chi connectivity index (χ1v) is 9.90. The molecule has 2 fully saturated rings. The van der Waals surface area contributed by atoms with Gasteiger partial charge in [-0.2, -0.15) is 0 Å². The fraction of sp³-hybridized carbons (Fsp3) is 0.333. The number of fused-ring (bicyclic) bond motifs is 1. The van der Waals surface area contributed by atoms with Crippen LogP contribution in [0.25, 0.3) is 0 Å². The van der Waals surface area contributed by atoms with E-state index in [-0.39, 0.29) is 22.9 Å². The summed E-state index contributed by atoms with van der Waals surface area (Å²) < 4.78 is 0. The minimum absolute atomic E-state index is 0.213. The van der Waals surface area contributed by atoms with E-state index in [2.05, 4.69) is 10.3 Å². The standard InChI is InChI=1S/C21H21ClN4O3/c1-13-6-5-7-16(23-13)18(27)24-14-8-9-17(15(22)12-14)26-19(28)21(2)10-3-4-11-25(21)20(26)29/h5-9,12H,3-4,10-11H2,1-2H3,(H,24,27). The normalized spacial score (nSPS) is 21.3. The number of hydrogen-bond acceptors (Lipinski definition) is 4. The molecule has 0 bridgehead atoms. The number of carbonyl (C=O) groups excluding carboxylic acids is 3. The van der Waals surface area contributed by atoms with Crippen molar-refractivity contribution in [2.45, 2.75) is 38.6 Å². The molecule has 0 spiro atoms. The van der Waals surface area contributed by atoms with Crippen LogP contribution in [0, 0.1) is 6.92 Å². The summed E-state index contributed by atoms with van der Waals surface area (Å²) in [6, 6.07) is 9.57. The van der Waals surface area contributed by atoms with Gasteiger partial charge in [-0.15, -0.1) is 0 Å². The van der Waals surface area contributed by atoms with Crippen molar-refractivity contribution in [2.24, 2.45) is 0 Å². The van der Waals surface area contributed by atoms with E-state index in [9.17, 15) is 14.4 Å². The number of halogens is 1. The van der Waals surface area contributed by atoms with Crippen molar-refractivity contribution in [1.29, 1.82) is 0 Å². The van der Waals surface area contributed by atoms with Crippen LogP contribution in [0.15, 0.2) is 36.4 Å². The van der Waals surface area contributed by atoms with E-state index in [4.69, 9.17) is 11.6 Å². The summed E-state index contributed by atoms with van der Waals surface area (Å²) in [5.74, 6) is -0.625. The number of imide groups is 1.